The van der Waals surface area contributed by atoms with E-state index in [-0.39, 0.29) is 29.0 Å². The standard InChI is InChI=1S/C11H20N2O3S/c1-13(9-3-6-17(15,16)8-9)10(14)7-11(12)4-2-5-11/h9H,2-8,12H2,1H3. The fraction of sp³-hybridized carbons (Fsp3) is 0.909. The first-order chi connectivity index (χ1) is 7.81. The fourth-order valence-corrected chi connectivity index (χ4v) is 4.29. The maximum atomic E-state index is 12.0. The third kappa shape index (κ3) is 2.80. The van der Waals surface area contributed by atoms with E-state index < -0.39 is 9.84 Å². The first-order valence-electron chi connectivity index (χ1n) is 6.06. The van der Waals surface area contributed by atoms with Gasteiger partial charge in [-0.25, -0.2) is 8.42 Å². The fourth-order valence-electron chi connectivity index (χ4n) is 2.52. The number of carbonyl (C=O) groups excluding carboxylic acids is 1. The predicted octanol–water partition coefficient (Wildman–Crippen LogP) is -0.0966. The summed E-state index contributed by atoms with van der Waals surface area (Å²) in [5.74, 6) is 0.282. The van der Waals surface area contributed by atoms with Gasteiger partial charge >= 0.3 is 0 Å². The third-order valence-corrected chi connectivity index (χ3v) is 5.75. The van der Waals surface area contributed by atoms with Crippen molar-refractivity contribution in [2.45, 2.75) is 43.7 Å². The smallest absolute Gasteiger partial charge is 0.224 e. The van der Waals surface area contributed by atoms with Crippen LogP contribution in [0.3, 0.4) is 0 Å². The van der Waals surface area contributed by atoms with Crippen LogP contribution in [-0.4, -0.2) is 49.4 Å². The molecule has 0 aromatic heterocycles. The van der Waals surface area contributed by atoms with Crippen molar-refractivity contribution in [3.8, 4) is 0 Å². The van der Waals surface area contributed by atoms with Gasteiger partial charge in [-0.1, -0.05) is 0 Å². The number of sulfone groups is 1. The lowest BCUT2D eigenvalue weighted by atomic mass is 9.75. The molecule has 2 N–H and O–H groups in total. The summed E-state index contributed by atoms with van der Waals surface area (Å²) in [4.78, 5) is 13.6. The van der Waals surface area contributed by atoms with Gasteiger partial charge in [-0.15, -0.1) is 0 Å². The van der Waals surface area contributed by atoms with Crippen LogP contribution in [0.25, 0.3) is 0 Å². The van der Waals surface area contributed by atoms with Crippen molar-refractivity contribution in [2.75, 3.05) is 18.6 Å². The first-order valence-corrected chi connectivity index (χ1v) is 7.88. The minimum atomic E-state index is -2.93. The number of nitrogens with zero attached hydrogens (tertiary/aromatic N) is 1. The summed E-state index contributed by atoms with van der Waals surface area (Å²) in [5, 5.41) is 0. The highest BCUT2D eigenvalue weighted by Crippen LogP contribution is 2.33. The lowest BCUT2D eigenvalue weighted by Crippen LogP contribution is -2.51. The highest BCUT2D eigenvalue weighted by molar-refractivity contribution is 7.91. The molecule has 0 radical (unpaired) electrons. The topological polar surface area (TPSA) is 80.5 Å². The predicted molar refractivity (Wildman–Crippen MR) is 65.2 cm³/mol. The number of amides is 1. The minimum Gasteiger partial charge on any atom is -0.342 e. The van der Waals surface area contributed by atoms with Gasteiger partial charge in [0.1, 0.15) is 0 Å². The molecule has 1 atom stereocenters. The Morgan fingerprint density at radius 2 is 2.12 bits per heavy atom. The maximum Gasteiger partial charge on any atom is 0.224 e. The zero-order chi connectivity index (χ0) is 12.7. The van der Waals surface area contributed by atoms with E-state index in [4.69, 9.17) is 5.73 Å². The molecule has 98 valence electrons. The van der Waals surface area contributed by atoms with Crippen LogP contribution in [0.5, 0.6) is 0 Å². The molecule has 0 bridgehead atoms. The average Bonchev–Trinajstić information content (AvgIpc) is 2.55. The normalized spacial score (nSPS) is 29.6. The maximum absolute atomic E-state index is 12.0. The highest BCUT2D eigenvalue weighted by atomic mass is 32.2. The minimum absolute atomic E-state index is 0.0192. The Labute approximate surface area is 102 Å². The van der Waals surface area contributed by atoms with E-state index in [1.165, 1.54) is 0 Å². The van der Waals surface area contributed by atoms with Crippen molar-refractivity contribution in [3.05, 3.63) is 0 Å². The van der Waals surface area contributed by atoms with E-state index in [0.29, 0.717) is 12.8 Å². The zero-order valence-corrected chi connectivity index (χ0v) is 11.0. The Bertz CT molecular complexity index is 414. The zero-order valence-electron chi connectivity index (χ0n) is 10.2. The van der Waals surface area contributed by atoms with Gasteiger partial charge in [-0.05, 0) is 25.7 Å². The lowest BCUT2D eigenvalue weighted by Gasteiger charge is -2.39. The molecular formula is C11H20N2O3S. The highest BCUT2D eigenvalue weighted by Gasteiger charge is 2.38. The molecule has 2 aliphatic rings. The molecule has 2 fully saturated rings. The van der Waals surface area contributed by atoms with Crippen molar-refractivity contribution in [1.82, 2.24) is 4.90 Å². The summed E-state index contributed by atoms with van der Waals surface area (Å²) in [7, 11) is -1.24. The van der Waals surface area contributed by atoms with E-state index in [9.17, 15) is 13.2 Å². The van der Waals surface area contributed by atoms with Crippen molar-refractivity contribution in [3.63, 3.8) is 0 Å². The van der Waals surface area contributed by atoms with Gasteiger partial charge in [0.05, 0.1) is 11.5 Å². The van der Waals surface area contributed by atoms with Crippen LogP contribution in [0, 0.1) is 0 Å². The molecule has 0 aromatic carbocycles. The monoisotopic (exact) mass is 260 g/mol. The van der Waals surface area contributed by atoms with Gasteiger partial charge in [0.25, 0.3) is 0 Å². The molecule has 1 saturated heterocycles. The Morgan fingerprint density at radius 3 is 2.53 bits per heavy atom. The third-order valence-electron chi connectivity index (χ3n) is 4.00. The lowest BCUT2D eigenvalue weighted by molar-refractivity contribution is -0.133. The summed E-state index contributed by atoms with van der Waals surface area (Å²) in [6, 6.07) is -0.156. The van der Waals surface area contributed by atoms with Crippen molar-refractivity contribution >= 4 is 15.7 Å². The summed E-state index contributed by atoms with van der Waals surface area (Å²) in [6.07, 6.45) is 3.79. The molecule has 1 saturated carbocycles. The van der Waals surface area contributed by atoms with Crippen LogP contribution in [0.15, 0.2) is 0 Å². The van der Waals surface area contributed by atoms with E-state index in [1.807, 2.05) is 0 Å². The van der Waals surface area contributed by atoms with Crippen LogP contribution < -0.4 is 5.73 Å². The molecule has 1 heterocycles. The Balaban J connectivity index is 1.91. The van der Waals surface area contributed by atoms with Crippen LogP contribution in [0.1, 0.15) is 32.1 Å². The molecule has 1 aliphatic heterocycles. The van der Waals surface area contributed by atoms with Crippen LogP contribution in [-0.2, 0) is 14.6 Å². The molecule has 2 rings (SSSR count). The first kappa shape index (κ1) is 12.8. The van der Waals surface area contributed by atoms with E-state index in [1.54, 1.807) is 11.9 Å². The molecule has 1 aliphatic carbocycles. The van der Waals surface area contributed by atoms with Crippen molar-refractivity contribution in [1.29, 1.82) is 0 Å². The molecule has 17 heavy (non-hydrogen) atoms. The van der Waals surface area contributed by atoms with Crippen LogP contribution in [0.4, 0.5) is 0 Å². The number of rotatable bonds is 3. The van der Waals surface area contributed by atoms with Crippen molar-refractivity contribution < 1.29 is 13.2 Å². The Kier molecular flexibility index (Phi) is 3.20. The quantitative estimate of drug-likeness (QED) is 0.768. The van der Waals surface area contributed by atoms with Gasteiger partial charge in [0.15, 0.2) is 9.84 Å². The van der Waals surface area contributed by atoms with E-state index in [0.717, 1.165) is 19.3 Å². The molecule has 0 aromatic rings. The van der Waals surface area contributed by atoms with Crippen molar-refractivity contribution in [2.24, 2.45) is 5.73 Å². The summed E-state index contributed by atoms with van der Waals surface area (Å²) in [6.45, 7) is 0. The van der Waals surface area contributed by atoms with Crippen LogP contribution in [0.2, 0.25) is 0 Å². The van der Waals surface area contributed by atoms with Gasteiger partial charge < -0.3 is 10.6 Å². The average molecular weight is 260 g/mol. The molecular weight excluding hydrogens is 240 g/mol. The van der Waals surface area contributed by atoms with E-state index in [2.05, 4.69) is 0 Å². The molecule has 0 spiro atoms. The molecule has 1 amide bonds. The summed E-state index contributed by atoms with van der Waals surface area (Å²) in [5.41, 5.74) is 5.70. The van der Waals surface area contributed by atoms with Crippen LogP contribution >= 0.6 is 0 Å². The molecule has 6 heteroatoms. The number of carbonyl (C=O) groups is 1. The Hall–Kier alpha value is -0.620. The second-order valence-corrected chi connectivity index (χ2v) is 7.68. The Morgan fingerprint density at radius 1 is 1.47 bits per heavy atom. The van der Waals surface area contributed by atoms with Gasteiger partial charge in [0, 0.05) is 25.0 Å². The summed E-state index contributed by atoms with van der Waals surface area (Å²) < 4.78 is 22.7. The van der Waals surface area contributed by atoms with E-state index >= 15 is 0 Å². The van der Waals surface area contributed by atoms with Gasteiger partial charge in [-0.2, -0.15) is 0 Å². The second kappa shape index (κ2) is 4.24. The van der Waals surface area contributed by atoms with Gasteiger partial charge in [-0.3, -0.25) is 4.79 Å². The number of nitrogens with two attached hydrogens (primary N) is 1. The number of hydrogen-bond acceptors (Lipinski definition) is 4. The second-order valence-electron chi connectivity index (χ2n) is 5.45. The number of hydrogen-bond donors (Lipinski definition) is 1. The summed E-state index contributed by atoms with van der Waals surface area (Å²) >= 11 is 0. The van der Waals surface area contributed by atoms with Gasteiger partial charge in [0.2, 0.25) is 5.91 Å². The largest absolute Gasteiger partial charge is 0.342 e. The SMILES string of the molecule is CN(C(=O)CC1(N)CCC1)C1CCS(=O)(=O)C1. The molecule has 5 nitrogen and oxygen atoms in total. The molecule has 1 unspecified atom stereocenters.